The number of hydrogen-bond donors (Lipinski definition) is 0. The fourth-order valence-corrected chi connectivity index (χ4v) is 7.97. The van der Waals surface area contributed by atoms with E-state index in [1.165, 1.54) is 64.2 Å². The first kappa shape index (κ1) is 34.2. The molecule has 246 valence electrons. The van der Waals surface area contributed by atoms with Gasteiger partial charge in [0.05, 0.1) is 5.92 Å². The Labute approximate surface area is 248 Å². The highest BCUT2D eigenvalue weighted by atomic mass is 19.4. The minimum absolute atomic E-state index is 0.0168. The predicted octanol–water partition coefficient (Wildman–Crippen LogP) is 11.5. The van der Waals surface area contributed by atoms with Gasteiger partial charge < -0.3 is 4.74 Å². The fraction of sp³-hybridized carbons (Fsp3) is 0.812. The van der Waals surface area contributed by atoms with E-state index in [9.17, 15) is 39.5 Å². The van der Waals surface area contributed by atoms with Gasteiger partial charge in [-0.2, -0.15) is 17.6 Å². The van der Waals surface area contributed by atoms with Crippen LogP contribution in [0.2, 0.25) is 0 Å². The van der Waals surface area contributed by atoms with E-state index >= 15 is 0 Å². The highest BCUT2D eigenvalue weighted by Gasteiger charge is 2.50. The Hall–Kier alpha value is -1.65. The molecule has 0 radical (unpaired) electrons. The van der Waals surface area contributed by atoms with E-state index in [2.05, 4.69) is 16.4 Å². The van der Waals surface area contributed by atoms with Crippen molar-refractivity contribution in [1.29, 1.82) is 0 Å². The normalized spacial score (nSPS) is 29.4. The highest BCUT2D eigenvalue weighted by molar-refractivity contribution is 5.32. The number of halogens is 9. The maximum absolute atomic E-state index is 15.0. The molecule has 4 rings (SSSR count). The summed E-state index contributed by atoms with van der Waals surface area (Å²) >= 11 is 0. The van der Waals surface area contributed by atoms with Crippen LogP contribution in [0.15, 0.2) is 12.1 Å². The number of benzene rings is 1. The molecule has 0 unspecified atom stereocenters. The summed E-state index contributed by atoms with van der Waals surface area (Å²) in [5, 5.41) is 0. The Balaban J connectivity index is 1.24. The highest BCUT2D eigenvalue weighted by Crippen LogP contribution is 2.49. The smallest absolute Gasteiger partial charge is 0.432 e. The second-order valence-corrected chi connectivity index (χ2v) is 13.1. The second kappa shape index (κ2) is 14.2. The molecule has 0 aliphatic heterocycles. The SMILES string of the molecule is CCCCCC1CCC(C2CCC(C3CCC(C(F)(F)Oc4cc(F)c(C(F)(F)OC(F)(F)F)c(F)c4)CC3)CC2)CC1. The molecule has 3 saturated carbocycles. The Morgan fingerprint density at radius 1 is 0.651 bits per heavy atom. The van der Waals surface area contributed by atoms with E-state index in [0.717, 1.165) is 30.6 Å². The van der Waals surface area contributed by atoms with Gasteiger partial charge in [-0.3, -0.25) is 0 Å². The molecule has 2 nitrogen and oxygen atoms in total. The first-order valence-electron chi connectivity index (χ1n) is 15.9. The first-order chi connectivity index (χ1) is 20.2. The second-order valence-electron chi connectivity index (χ2n) is 13.1. The summed E-state index contributed by atoms with van der Waals surface area (Å²) in [4.78, 5) is 0. The molecular weight excluding hydrogens is 587 g/mol. The Bertz CT molecular complexity index is 997. The van der Waals surface area contributed by atoms with Crippen molar-refractivity contribution in [3.05, 3.63) is 29.3 Å². The Morgan fingerprint density at radius 2 is 1.09 bits per heavy atom. The van der Waals surface area contributed by atoms with Crippen LogP contribution in [0.3, 0.4) is 0 Å². The Kier molecular flexibility index (Phi) is 11.3. The summed E-state index contributed by atoms with van der Waals surface area (Å²) in [5.41, 5.74) is -2.34. The van der Waals surface area contributed by atoms with Gasteiger partial charge in [-0.1, -0.05) is 45.4 Å². The standard InChI is InChI=1S/C32H43F9O2/c1-2-3-4-5-20-6-8-21(9-7-20)22-10-12-23(13-11-22)24-14-16-25(17-15-24)30(35,36)42-26-18-27(33)29(28(34)19-26)31(37,38)43-32(39,40)41/h18-25H,2-17H2,1H3. The molecule has 3 aliphatic carbocycles. The van der Waals surface area contributed by atoms with Gasteiger partial charge in [0.25, 0.3) is 0 Å². The third-order valence-corrected chi connectivity index (χ3v) is 10.3. The number of rotatable bonds is 11. The van der Waals surface area contributed by atoms with Gasteiger partial charge in [-0.05, 0) is 93.8 Å². The minimum atomic E-state index is -5.89. The average Bonchev–Trinajstić information content (AvgIpc) is 2.92. The molecule has 0 amide bonds. The lowest BCUT2D eigenvalue weighted by Gasteiger charge is -2.42. The van der Waals surface area contributed by atoms with Gasteiger partial charge in [-0.15, -0.1) is 13.2 Å². The lowest BCUT2D eigenvalue weighted by molar-refractivity contribution is -0.432. The molecule has 0 atom stereocenters. The zero-order valence-corrected chi connectivity index (χ0v) is 24.7. The van der Waals surface area contributed by atoms with E-state index in [-0.39, 0.29) is 25.0 Å². The number of alkyl halides is 7. The monoisotopic (exact) mass is 630 g/mol. The van der Waals surface area contributed by atoms with Crippen LogP contribution in [0.5, 0.6) is 5.75 Å². The van der Waals surface area contributed by atoms with Crippen LogP contribution in [0.25, 0.3) is 0 Å². The van der Waals surface area contributed by atoms with E-state index in [1.807, 2.05) is 0 Å². The molecule has 0 N–H and O–H groups in total. The van der Waals surface area contributed by atoms with E-state index in [1.54, 1.807) is 0 Å². The van der Waals surface area contributed by atoms with Crippen LogP contribution in [0.4, 0.5) is 39.5 Å². The maximum atomic E-state index is 15.0. The summed E-state index contributed by atoms with van der Waals surface area (Å²) < 4.78 is 129. The molecule has 0 aromatic heterocycles. The zero-order valence-electron chi connectivity index (χ0n) is 24.7. The van der Waals surface area contributed by atoms with Crippen LogP contribution in [0.1, 0.15) is 115 Å². The van der Waals surface area contributed by atoms with Crippen molar-refractivity contribution in [3.8, 4) is 5.75 Å². The van der Waals surface area contributed by atoms with E-state index in [4.69, 9.17) is 0 Å². The van der Waals surface area contributed by atoms with Crippen LogP contribution in [0, 0.1) is 47.1 Å². The zero-order chi connectivity index (χ0) is 31.4. The molecule has 11 heteroatoms. The predicted molar refractivity (Wildman–Crippen MR) is 143 cm³/mol. The molecular formula is C32H43F9O2. The number of hydrogen-bond acceptors (Lipinski definition) is 2. The topological polar surface area (TPSA) is 18.5 Å². The number of ether oxygens (including phenoxy) is 2. The van der Waals surface area contributed by atoms with Crippen molar-refractivity contribution in [1.82, 2.24) is 0 Å². The van der Waals surface area contributed by atoms with Crippen molar-refractivity contribution < 1.29 is 49.0 Å². The van der Waals surface area contributed by atoms with Crippen molar-refractivity contribution in [3.63, 3.8) is 0 Å². The largest absolute Gasteiger partial charge is 0.527 e. The summed E-state index contributed by atoms with van der Waals surface area (Å²) in [6.07, 6.45) is 1.50. The van der Waals surface area contributed by atoms with Gasteiger partial charge in [0.15, 0.2) is 0 Å². The van der Waals surface area contributed by atoms with Crippen LogP contribution < -0.4 is 4.74 Å². The van der Waals surface area contributed by atoms with Crippen LogP contribution >= 0.6 is 0 Å². The summed E-state index contributed by atoms with van der Waals surface area (Å²) in [7, 11) is 0. The molecule has 1 aromatic rings. The van der Waals surface area contributed by atoms with Crippen LogP contribution in [-0.2, 0) is 10.8 Å². The summed E-state index contributed by atoms with van der Waals surface area (Å²) in [6.45, 7) is 2.24. The molecule has 1 aromatic carbocycles. The summed E-state index contributed by atoms with van der Waals surface area (Å²) in [6, 6.07) is 0.0337. The molecule has 3 fully saturated rings. The Morgan fingerprint density at radius 3 is 1.53 bits per heavy atom. The lowest BCUT2D eigenvalue weighted by Crippen LogP contribution is -2.38. The molecule has 0 spiro atoms. The van der Waals surface area contributed by atoms with E-state index < -0.39 is 47.4 Å². The molecule has 43 heavy (non-hydrogen) atoms. The van der Waals surface area contributed by atoms with Gasteiger partial charge in [0, 0.05) is 12.1 Å². The van der Waals surface area contributed by atoms with Crippen molar-refractivity contribution in [2.45, 2.75) is 128 Å². The van der Waals surface area contributed by atoms with Gasteiger partial charge in [-0.25, -0.2) is 13.5 Å². The van der Waals surface area contributed by atoms with Gasteiger partial charge >= 0.3 is 18.6 Å². The van der Waals surface area contributed by atoms with Gasteiger partial charge in [0.1, 0.15) is 22.9 Å². The van der Waals surface area contributed by atoms with E-state index in [0.29, 0.717) is 24.7 Å². The lowest BCUT2D eigenvalue weighted by atomic mass is 9.65. The molecule has 0 bridgehead atoms. The van der Waals surface area contributed by atoms with Crippen LogP contribution in [-0.4, -0.2) is 12.5 Å². The minimum Gasteiger partial charge on any atom is -0.432 e. The molecule has 0 saturated heterocycles. The fourth-order valence-electron chi connectivity index (χ4n) is 7.97. The van der Waals surface area contributed by atoms with Crippen molar-refractivity contribution in [2.75, 3.05) is 0 Å². The van der Waals surface area contributed by atoms with Gasteiger partial charge in [0.2, 0.25) is 0 Å². The first-order valence-corrected chi connectivity index (χ1v) is 15.9. The summed E-state index contributed by atoms with van der Waals surface area (Å²) in [5.74, 6) is -3.46. The molecule has 3 aliphatic rings. The van der Waals surface area contributed by atoms with Crippen molar-refractivity contribution in [2.24, 2.45) is 35.5 Å². The van der Waals surface area contributed by atoms with Crippen molar-refractivity contribution >= 4 is 0 Å². The quantitative estimate of drug-likeness (QED) is 0.179. The maximum Gasteiger partial charge on any atom is 0.527 e. The average molecular weight is 631 g/mol. The number of unbranched alkanes of at least 4 members (excludes halogenated alkanes) is 2. The third kappa shape index (κ3) is 9.19. The third-order valence-electron chi connectivity index (χ3n) is 10.3. The molecule has 0 heterocycles.